The van der Waals surface area contributed by atoms with E-state index in [1.807, 2.05) is 11.8 Å². The Labute approximate surface area is 72.9 Å². The summed E-state index contributed by atoms with van der Waals surface area (Å²) in [5.74, 6) is 3.02. The van der Waals surface area contributed by atoms with Crippen molar-refractivity contribution in [2.75, 3.05) is 18.6 Å². The lowest BCUT2D eigenvalue weighted by Crippen LogP contribution is -2.30. The number of thioether (sulfide) groups is 1. The van der Waals surface area contributed by atoms with E-state index in [1.165, 1.54) is 5.75 Å². The molecule has 66 valence electrons. The number of methoxy groups -OCH3 is 1. The highest BCUT2D eigenvalue weighted by atomic mass is 32.2. The van der Waals surface area contributed by atoms with Gasteiger partial charge in [0.2, 0.25) is 0 Å². The van der Waals surface area contributed by atoms with Gasteiger partial charge < -0.3 is 10.5 Å². The van der Waals surface area contributed by atoms with Gasteiger partial charge in [-0.25, -0.2) is 0 Å². The lowest BCUT2D eigenvalue weighted by molar-refractivity contribution is 0.0961. The Hall–Kier alpha value is 0.270. The normalized spacial score (nSPS) is 34.1. The monoisotopic (exact) mass is 175 g/mol. The van der Waals surface area contributed by atoms with Crippen molar-refractivity contribution in [2.24, 2.45) is 11.7 Å². The number of hydrogen-bond acceptors (Lipinski definition) is 3. The van der Waals surface area contributed by atoms with Crippen molar-refractivity contribution in [1.82, 2.24) is 0 Å². The molecule has 0 aliphatic carbocycles. The van der Waals surface area contributed by atoms with Crippen LogP contribution in [0.3, 0.4) is 0 Å². The second-order valence-electron chi connectivity index (χ2n) is 3.24. The molecule has 11 heavy (non-hydrogen) atoms. The van der Waals surface area contributed by atoms with Crippen LogP contribution in [-0.2, 0) is 4.74 Å². The Morgan fingerprint density at radius 1 is 1.64 bits per heavy atom. The summed E-state index contributed by atoms with van der Waals surface area (Å²) < 4.78 is 5.20. The maximum absolute atomic E-state index is 5.91. The Bertz CT molecular complexity index is 121. The molecule has 0 bridgehead atoms. The summed E-state index contributed by atoms with van der Waals surface area (Å²) in [7, 11) is 1.76. The van der Waals surface area contributed by atoms with Gasteiger partial charge >= 0.3 is 0 Å². The van der Waals surface area contributed by atoms with Crippen LogP contribution in [0.5, 0.6) is 0 Å². The predicted octanol–water partition coefficient (Wildman–Crippen LogP) is 1.10. The molecule has 0 aromatic rings. The smallest absolute Gasteiger partial charge is 0.0546 e. The first kappa shape index (κ1) is 9.36. The van der Waals surface area contributed by atoms with Gasteiger partial charge in [0.05, 0.1) is 6.10 Å². The molecular weight excluding hydrogens is 158 g/mol. The van der Waals surface area contributed by atoms with Crippen LogP contribution < -0.4 is 5.73 Å². The minimum atomic E-state index is 0.366. The number of nitrogens with two attached hydrogens (primary N) is 1. The lowest BCUT2D eigenvalue weighted by Gasteiger charge is -2.17. The Morgan fingerprint density at radius 3 is 2.82 bits per heavy atom. The molecule has 0 aromatic heterocycles. The lowest BCUT2D eigenvalue weighted by atomic mass is 9.98. The van der Waals surface area contributed by atoms with E-state index in [-0.39, 0.29) is 0 Å². The van der Waals surface area contributed by atoms with Gasteiger partial charge in [0.1, 0.15) is 0 Å². The summed E-state index contributed by atoms with van der Waals surface area (Å²) in [6.45, 7) is 2.11. The maximum atomic E-state index is 5.91. The standard InChI is InChI=1S/C8H17NOS/c1-6(10-2)3-7-4-11-5-8(7)9/h6-8H,3-5,9H2,1-2H3. The highest BCUT2D eigenvalue weighted by Crippen LogP contribution is 2.26. The van der Waals surface area contributed by atoms with Crippen molar-refractivity contribution in [3.8, 4) is 0 Å². The highest BCUT2D eigenvalue weighted by molar-refractivity contribution is 7.99. The van der Waals surface area contributed by atoms with Gasteiger partial charge in [-0.15, -0.1) is 0 Å². The summed E-state index contributed by atoms with van der Waals surface area (Å²) >= 11 is 1.96. The van der Waals surface area contributed by atoms with Crippen molar-refractivity contribution >= 4 is 11.8 Å². The van der Waals surface area contributed by atoms with E-state index in [9.17, 15) is 0 Å². The summed E-state index contributed by atoms with van der Waals surface area (Å²) in [5.41, 5.74) is 5.91. The molecule has 2 N–H and O–H groups in total. The summed E-state index contributed by atoms with van der Waals surface area (Å²) in [6.07, 6.45) is 1.48. The molecule has 3 heteroatoms. The van der Waals surface area contributed by atoms with E-state index in [2.05, 4.69) is 6.92 Å². The molecular formula is C8H17NOS. The van der Waals surface area contributed by atoms with Crippen LogP contribution in [-0.4, -0.2) is 30.8 Å². The third-order valence-electron chi connectivity index (χ3n) is 2.28. The van der Waals surface area contributed by atoms with Crippen LogP contribution in [0.1, 0.15) is 13.3 Å². The molecule has 2 nitrogen and oxygen atoms in total. The van der Waals surface area contributed by atoms with Crippen molar-refractivity contribution < 1.29 is 4.74 Å². The number of rotatable bonds is 3. The van der Waals surface area contributed by atoms with Crippen LogP contribution in [0.2, 0.25) is 0 Å². The Balaban J connectivity index is 2.24. The van der Waals surface area contributed by atoms with Crippen LogP contribution in [0.25, 0.3) is 0 Å². The van der Waals surface area contributed by atoms with Crippen LogP contribution >= 0.6 is 11.8 Å². The van der Waals surface area contributed by atoms with E-state index in [0.717, 1.165) is 12.2 Å². The van der Waals surface area contributed by atoms with Crippen LogP contribution in [0.4, 0.5) is 0 Å². The first-order chi connectivity index (χ1) is 5.24. The Kier molecular flexibility index (Phi) is 3.69. The molecule has 1 aliphatic rings. The first-order valence-corrected chi connectivity index (χ1v) is 5.25. The van der Waals surface area contributed by atoms with Crippen LogP contribution in [0.15, 0.2) is 0 Å². The maximum Gasteiger partial charge on any atom is 0.0546 e. The van der Waals surface area contributed by atoms with Gasteiger partial charge in [0.15, 0.2) is 0 Å². The minimum Gasteiger partial charge on any atom is -0.382 e. The third-order valence-corrected chi connectivity index (χ3v) is 3.57. The fourth-order valence-corrected chi connectivity index (χ4v) is 2.75. The molecule has 0 amide bonds. The van der Waals surface area contributed by atoms with Gasteiger partial charge in [-0.05, 0) is 25.0 Å². The molecule has 1 aliphatic heterocycles. The fraction of sp³-hybridized carbons (Fsp3) is 1.00. The fourth-order valence-electron chi connectivity index (χ4n) is 1.38. The number of ether oxygens (including phenoxy) is 1. The molecule has 1 saturated heterocycles. The molecule has 0 saturated carbocycles. The van der Waals surface area contributed by atoms with Crippen molar-refractivity contribution in [1.29, 1.82) is 0 Å². The average molecular weight is 175 g/mol. The molecule has 3 atom stereocenters. The Morgan fingerprint density at radius 2 is 2.36 bits per heavy atom. The van der Waals surface area contributed by atoms with Crippen LogP contribution in [0, 0.1) is 5.92 Å². The summed E-state index contributed by atoms with van der Waals surface area (Å²) in [5, 5.41) is 0. The van der Waals surface area contributed by atoms with Crippen molar-refractivity contribution in [2.45, 2.75) is 25.5 Å². The first-order valence-electron chi connectivity index (χ1n) is 4.10. The van der Waals surface area contributed by atoms with E-state index < -0.39 is 0 Å². The average Bonchev–Trinajstić information content (AvgIpc) is 2.37. The SMILES string of the molecule is COC(C)CC1CSCC1N. The second-order valence-corrected chi connectivity index (χ2v) is 4.32. The molecule has 1 heterocycles. The quantitative estimate of drug-likeness (QED) is 0.697. The zero-order valence-electron chi connectivity index (χ0n) is 7.25. The predicted molar refractivity (Wildman–Crippen MR) is 49.9 cm³/mol. The van der Waals surface area contributed by atoms with Gasteiger partial charge in [0.25, 0.3) is 0 Å². The highest BCUT2D eigenvalue weighted by Gasteiger charge is 2.25. The molecule has 1 rings (SSSR count). The summed E-state index contributed by atoms with van der Waals surface area (Å²) in [4.78, 5) is 0. The van der Waals surface area contributed by atoms with Crippen molar-refractivity contribution in [3.05, 3.63) is 0 Å². The molecule has 0 spiro atoms. The molecule has 0 aromatic carbocycles. The van der Waals surface area contributed by atoms with Gasteiger partial charge in [-0.2, -0.15) is 11.8 Å². The minimum absolute atomic E-state index is 0.366. The second kappa shape index (κ2) is 4.33. The van der Waals surface area contributed by atoms with Gasteiger partial charge in [-0.1, -0.05) is 0 Å². The third kappa shape index (κ3) is 2.65. The van der Waals surface area contributed by atoms with E-state index in [4.69, 9.17) is 10.5 Å². The topological polar surface area (TPSA) is 35.2 Å². The van der Waals surface area contributed by atoms with E-state index in [0.29, 0.717) is 18.1 Å². The van der Waals surface area contributed by atoms with Gasteiger partial charge in [0, 0.05) is 18.9 Å². The largest absolute Gasteiger partial charge is 0.382 e. The zero-order chi connectivity index (χ0) is 8.27. The number of hydrogen-bond donors (Lipinski definition) is 1. The molecule has 1 fully saturated rings. The van der Waals surface area contributed by atoms with Gasteiger partial charge in [-0.3, -0.25) is 0 Å². The van der Waals surface area contributed by atoms with E-state index >= 15 is 0 Å². The zero-order valence-corrected chi connectivity index (χ0v) is 8.06. The summed E-state index contributed by atoms with van der Waals surface area (Å²) in [6, 6.07) is 0.401. The van der Waals surface area contributed by atoms with E-state index in [1.54, 1.807) is 7.11 Å². The molecule has 0 radical (unpaired) electrons. The molecule has 3 unspecified atom stereocenters. The van der Waals surface area contributed by atoms with Crippen molar-refractivity contribution in [3.63, 3.8) is 0 Å².